The zero-order valence-electron chi connectivity index (χ0n) is 8.20. The van der Waals surface area contributed by atoms with Crippen LogP contribution in [0.5, 0.6) is 0 Å². The molecule has 0 aromatic carbocycles. The predicted octanol–water partition coefficient (Wildman–Crippen LogP) is 1.79. The lowest BCUT2D eigenvalue weighted by Gasteiger charge is -2.19. The van der Waals surface area contributed by atoms with E-state index in [1.807, 2.05) is 13.8 Å². The maximum Gasteiger partial charge on any atom is 0.264 e. The Balaban J connectivity index is 4.10. The molecule has 0 aliphatic rings. The topological polar surface area (TPSA) is 43.4 Å². The molecule has 12 heavy (non-hydrogen) atoms. The second-order valence-electron chi connectivity index (χ2n) is 3.08. The molecule has 4 heteroatoms. The van der Waals surface area contributed by atoms with Crippen molar-refractivity contribution in [1.82, 2.24) is 0 Å². The average Bonchev–Trinajstić information content (AvgIpc) is 1.85. The van der Waals surface area contributed by atoms with E-state index in [1.54, 1.807) is 6.92 Å². The molecule has 0 spiro atoms. The Morgan fingerprint density at radius 2 is 1.67 bits per heavy atom. The van der Waals surface area contributed by atoms with Crippen LogP contribution in [0.15, 0.2) is 0 Å². The molecule has 0 heterocycles. The molecule has 0 amide bonds. The van der Waals surface area contributed by atoms with Crippen molar-refractivity contribution in [3.63, 3.8) is 0 Å². The van der Waals surface area contributed by atoms with Gasteiger partial charge in [0, 0.05) is 0 Å². The lowest BCUT2D eigenvalue weighted by Crippen LogP contribution is -2.22. The van der Waals surface area contributed by atoms with Gasteiger partial charge in [-0.05, 0) is 12.8 Å². The summed E-state index contributed by atoms with van der Waals surface area (Å²) in [5.74, 6) is 0.333. The van der Waals surface area contributed by atoms with Crippen molar-refractivity contribution in [2.45, 2.75) is 39.7 Å². The van der Waals surface area contributed by atoms with Crippen LogP contribution >= 0.6 is 0 Å². The Labute approximate surface area is 75.2 Å². The van der Waals surface area contributed by atoms with Gasteiger partial charge in [0.05, 0.1) is 12.4 Å². The van der Waals surface area contributed by atoms with Crippen LogP contribution in [0.3, 0.4) is 0 Å². The number of hydrogen-bond acceptors (Lipinski definition) is 3. The largest absolute Gasteiger partial charge is 0.267 e. The maximum absolute atomic E-state index is 10.8. The van der Waals surface area contributed by atoms with Gasteiger partial charge >= 0.3 is 0 Å². The maximum atomic E-state index is 10.8. The fourth-order valence-electron chi connectivity index (χ4n) is 1.31. The Bertz CT molecular complexity index is 204. The molecule has 0 saturated carbocycles. The van der Waals surface area contributed by atoms with Gasteiger partial charge in [-0.25, -0.2) is 0 Å². The molecule has 74 valence electrons. The number of hydrogen-bond donors (Lipinski definition) is 0. The molecule has 1 atom stereocenters. The molecule has 0 aromatic heterocycles. The summed E-state index contributed by atoms with van der Waals surface area (Å²) in [6.07, 6.45) is 2.79. The fraction of sp³-hybridized carbons (Fsp3) is 1.00. The van der Waals surface area contributed by atoms with Crippen LogP contribution in [-0.4, -0.2) is 20.8 Å². The van der Waals surface area contributed by atoms with E-state index < -0.39 is 10.1 Å². The van der Waals surface area contributed by atoms with E-state index >= 15 is 0 Å². The first-order valence-electron chi connectivity index (χ1n) is 4.29. The highest BCUT2D eigenvalue weighted by molar-refractivity contribution is 7.86. The highest BCUT2D eigenvalue weighted by atomic mass is 32.2. The second-order valence-corrected chi connectivity index (χ2v) is 4.68. The lowest BCUT2D eigenvalue weighted by molar-refractivity contribution is 0.154. The molecule has 0 saturated heterocycles. The van der Waals surface area contributed by atoms with Crippen molar-refractivity contribution in [3.8, 4) is 0 Å². The van der Waals surface area contributed by atoms with Crippen molar-refractivity contribution in [2.75, 3.05) is 6.26 Å². The van der Waals surface area contributed by atoms with E-state index in [2.05, 4.69) is 0 Å². The zero-order valence-corrected chi connectivity index (χ0v) is 9.02. The molecule has 0 rings (SSSR count). The summed E-state index contributed by atoms with van der Waals surface area (Å²) in [4.78, 5) is 0. The standard InChI is InChI=1S/C8H18O3S/c1-5-8(6-2)7(3)11-12(4,9)10/h7-8H,5-6H2,1-4H3. The van der Waals surface area contributed by atoms with Crippen molar-refractivity contribution in [2.24, 2.45) is 5.92 Å². The molecular formula is C8H18O3S. The van der Waals surface area contributed by atoms with Gasteiger partial charge in [-0.3, -0.25) is 4.18 Å². The minimum Gasteiger partial charge on any atom is -0.267 e. The first-order chi connectivity index (χ1) is 5.40. The number of rotatable bonds is 5. The normalized spacial score (nSPS) is 15.1. The summed E-state index contributed by atoms with van der Waals surface area (Å²) < 4.78 is 26.4. The van der Waals surface area contributed by atoms with E-state index in [0.29, 0.717) is 5.92 Å². The van der Waals surface area contributed by atoms with Crippen LogP contribution in [0.25, 0.3) is 0 Å². The highest BCUT2D eigenvalue weighted by Gasteiger charge is 2.18. The Morgan fingerprint density at radius 3 is 1.92 bits per heavy atom. The van der Waals surface area contributed by atoms with Crippen LogP contribution < -0.4 is 0 Å². The van der Waals surface area contributed by atoms with Crippen LogP contribution in [0, 0.1) is 5.92 Å². The third-order valence-electron chi connectivity index (χ3n) is 2.04. The van der Waals surface area contributed by atoms with Crippen molar-refractivity contribution in [3.05, 3.63) is 0 Å². The van der Waals surface area contributed by atoms with Gasteiger partial charge in [0.25, 0.3) is 10.1 Å². The monoisotopic (exact) mass is 194 g/mol. The second kappa shape index (κ2) is 4.82. The minimum absolute atomic E-state index is 0.199. The predicted molar refractivity (Wildman–Crippen MR) is 49.5 cm³/mol. The summed E-state index contributed by atoms with van der Waals surface area (Å²) in [5, 5.41) is 0. The average molecular weight is 194 g/mol. The van der Waals surface area contributed by atoms with Gasteiger partial charge in [0.1, 0.15) is 0 Å². The zero-order chi connectivity index (χ0) is 9.78. The molecule has 0 fully saturated rings. The summed E-state index contributed by atoms with van der Waals surface area (Å²) >= 11 is 0. The van der Waals surface area contributed by atoms with Crippen molar-refractivity contribution >= 4 is 10.1 Å². The molecule has 0 bridgehead atoms. The molecular weight excluding hydrogens is 176 g/mol. The molecule has 3 nitrogen and oxygen atoms in total. The van der Waals surface area contributed by atoms with Gasteiger partial charge in [-0.15, -0.1) is 0 Å². The van der Waals surface area contributed by atoms with Crippen LogP contribution in [0.4, 0.5) is 0 Å². The van der Waals surface area contributed by atoms with Crippen molar-refractivity contribution in [1.29, 1.82) is 0 Å². The quantitative estimate of drug-likeness (QED) is 0.627. The molecule has 0 aliphatic carbocycles. The van der Waals surface area contributed by atoms with Crippen LogP contribution in [0.2, 0.25) is 0 Å². The fourth-order valence-corrected chi connectivity index (χ4v) is 2.02. The summed E-state index contributed by atoms with van der Waals surface area (Å²) in [6.45, 7) is 5.88. The smallest absolute Gasteiger partial charge is 0.264 e. The molecule has 0 radical (unpaired) electrons. The van der Waals surface area contributed by atoms with E-state index in [0.717, 1.165) is 19.1 Å². The summed E-state index contributed by atoms with van der Waals surface area (Å²) in [6, 6.07) is 0. The van der Waals surface area contributed by atoms with E-state index in [4.69, 9.17) is 4.18 Å². The van der Waals surface area contributed by atoms with E-state index in [9.17, 15) is 8.42 Å². The third-order valence-corrected chi connectivity index (χ3v) is 2.69. The van der Waals surface area contributed by atoms with Crippen LogP contribution in [-0.2, 0) is 14.3 Å². The summed E-state index contributed by atoms with van der Waals surface area (Å²) in [7, 11) is -3.29. The van der Waals surface area contributed by atoms with Gasteiger partial charge < -0.3 is 0 Å². The molecule has 0 aliphatic heterocycles. The molecule has 1 unspecified atom stereocenters. The first kappa shape index (κ1) is 11.9. The third kappa shape index (κ3) is 4.72. The minimum atomic E-state index is -3.29. The lowest BCUT2D eigenvalue weighted by atomic mass is 9.98. The molecule has 0 aromatic rings. The first-order valence-corrected chi connectivity index (χ1v) is 6.10. The SMILES string of the molecule is CCC(CC)C(C)OS(C)(=O)=O. The van der Waals surface area contributed by atoms with Gasteiger partial charge in [-0.1, -0.05) is 26.7 Å². The van der Waals surface area contributed by atoms with Gasteiger partial charge in [0.15, 0.2) is 0 Å². The molecule has 0 N–H and O–H groups in total. The van der Waals surface area contributed by atoms with E-state index in [1.165, 1.54) is 0 Å². The van der Waals surface area contributed by atoms with Gasteiger partial charge in [0.2, 0.25) is 0 Å². The highest BCUT2D eigenvalue weighted by Crippen LogP contribution is 2.16. The summed E-state index contributed by atoms with van der Waals surface area (Å²) in [5.41, 5.74) is 0. The Morgan fingerprint density at radius 1 is 1.25 bits per heavy atom. The van der Waals surface area contributed by atoms with Crippen molar-refractivity contribution < 1.29 is 12.6 Å². The Kier molecular flexibility index (Phi) is 4.78. The van der Waals surface area contributed by atoms with E-state index in [-0.39, 0.29) is 6.10 Å². The van der Waals surface area contributed by atoms with Gasteiger partial charge in [-0.2, -0.15) is 8.42 Å². The Hall–Kier alpha value is -0.0900. The van der Waals surface area contributed by atoms with Crippen LogP contribution in [0.1, 0.15) is 33.6 Å².